The van der Waals surface area contributed by atoms with Crippen molar-refractivity contribution in [1.29, 1.82) is 5.26 Å². The van der Waals surface area contributed by atoms with Gasteiger partial charge in [0.15, 0.2) is 5.82 Å². The largest absolute Gasteiger partial charge is 0.337 e. The first kappa shape index (κ1) is 12.5. The summed E-state index contributed by atoms with van der Waals surface area (Å²) in [5.74, 6) is 0.483. The molecule has 2 aromatic rings. The molecule has 0 saturated carbocycles. The average Bonchev–Trinajstić information content (AvgIpc) is 2.41. The fraction of sp³-hybridized carbons (Fsp3) is 0.154. The number of benzene rings is 1. The predicted molar refractivity (Wildman–Crippen MR) is 73.5 cm³/mol. The zero-order valence-corrected chi connectivity index (χ0v) is 11.4. The van der Waals surface area contributed by atoms with Gasteiger partial charge in [-0.25, -0.2) is 0 Å². The van der Waals surface area contributed by atoms with Crippen LogP contribution in [0.4, 0.5) is 11.5 Å². The highest BCUT2D eigenvalue weighted by atomic mass is 79.9. The minimum Gasteiger partial charge on any atom is -0.337 e. The van der Waals surface area contributed by atoms with Crippen LogP contribution in [0, 0.1) is 11.3 Å². The molecule has 0 aliphatic carbocycles. The van der Waals surface area contributed by atoms with Gasteiger partial charge in [-0.3, -0.25) is 0 Å². The number of anilines is 2. The third-order valence-electron chi connectivity index (χ3n) is 2.54. The van der Waals surface area contributed by atoms with Crippen LogP contribution in [0.1, 0.15) is 18.1 Å². The Morgan fingerprint density at radius 2 is 2.22 bits per heavy atom. The summed E-state index contributed by atoms with van der Waals surface area (Å²) in [4.78, 5) is 0. The standard InChI is InChI=1S/C13H11BrN4/c1-2-9-7-11(14)3-4-12(9)17-13-10(8-15)5-6-16-18-13/h3-7H,2H2,1H3,(H,17,18). The molecule has 1 N–H and O–H groups in total. The summed E-state index contributed by atoms with van der Waals surface area (Å²) in [6.07, 6.45) is 2.40. The lowest BCUT2D eigenvalue weighted by atomic mass is 10.1. The van der Waals surface area contributed by atoms with Crippen molar-refractivity contribution in [2.24, 2.45) is 0 Å². The monoisotopic (exact) mass is 302 g/mol. The van der Waals surface area contributed by atoms with Crippen molar-refractivity contribution >= 4 is 27.4 Å². The summed E-state index contributed by atoms with van der Waals surface area (Å²) in [5.41, 5.74) is 2.58. The molecule has 18 heavy (non-hydrogen) atoms. The van der Waals surface area contributed by atoms with Gasteiger partial charge in [-0.1, -0.05) is 22.9 Å². The van der Waals surface area contributed by atoms with Crippen molar-refractivity contribution in [2.45, 2.75) is 13.3 Å². The molecule has 0 aliphatic rings. The van der Waals surface area contributed by atoms with Crippen molar-refractivity contribution in [3.8, 4) is 6.07 Å². The van der Waals surface area contributed by atoms with E-state index in [1.807, 2.05) is 18.2 Å². The molecule has 0 saturated heterocycles. The summed E-state index contributed by atoms with van der Waals surface area (Å²) >= 11 is 3.44. The van der Waals surface area contributed by atoms with Crippen LogP contribution >= 0.6 is 15.9 Å². The summed E-state index contributed by atoms with van der Waals surface area (Å²) in [6.45, 7) is 2.08. The van der Waals surface area contributed by atoms with Crippen LogP contribution in [-0.4, -0.2) is 10.2 Å². The Morgan fingerprint density at radius 1 is 1.39 bits per heavy atom. The first-order valence-electron chi connectivity index (χ1n) is 5.52. The third kappa shape index (κ3) is 2.66. The number of nitrogens with zero attached hydrogens (tertiary/aromatic N) is 3. The van der Waals surface area contributed by atoms with E-state index in [4.69, 9.17) is 5.26 Å². The van der Waals surface area contributed by atoms with Crippen LogP contribution in [-0.2, 0) is 6.42 Å². The van der Waals surface area contributed by atoms with E-state index in [9.17, 15) is 0 Å². The van der Waals surface area contributed by atoms with Gasteiger partial charge in [-0.15, -0.1) is 5.10 Å². The topological polar surface area (TPSA) is 61.6 Å². The molecule has 0 aliphatic heterocycles. The molecule has 4 nitrogen and oxygen atoms in total. The maximum atomic E-state index is 9.00. The molecule has 90 valence electrons. The molecule has 0 amide bonds. The molecule has 0 radical (unpaired) electrons. The van der Waals surface area contributed by atoms with Crippen molar-refractivity contribution < 1.29 is 0 Å². The van der Waals surface area contributed by atoms with Gasteiger partial charge in [0, 0.05) is 10.2 Å². The van der Waals surface area contributed by atoms with Crippen LogP contribution in [0.15, 0.2) is 34.9 Å². The van der Waals surface area contributed by atoms with Gasteiger partial charge in [0.05, 0.1) is 11.8 Å². The van der Waals surface area contributed by atoms with Gasteiger partial charge >= 0.3 is 0 Å². The smallest absolute Gasteiger partial charge is 0.171 e. The van der Waals surface area contributed by atoms with E-state index in [-0.39, 0.29) is 0 Å². The molecule has 0 atom stereocenters. The third-order valence-corrected chi connectivity index (χ3v) is 3.04. The SMILES string of the molecule is CCc1cc(Br)ccc1Nc1nnccc1C#N. The Labute approximate surface area is 114 Å². The van der Waals surface area contributed by atoms with Crippen LogP contribution < -0.4 is 5.32 Å². The lowest BCUT2D eigenvalue weighted by molar-refractivity contribution is 1.03. The summed E-state index contributed by atoms with van der Waals surface area (Å²) in [7, 11) is 0. The number of nitrogens with one attached hydrogen (secondary N) is 1. The van der Waals surface area contributed by atoms with E-state index < -0.39 is 0 Å². The number of rotatable bonds is 3. The first-order valence-corrected chi connectivity index (χ1v) is 6.31. The lowest BCUT2D eigenvalue weighted by Crippen LogP contribution is -2.00. The molecule has 1 aromatic carbocycles. The maximum absolute atomic E-state index is 9.00. The van der Waals surface area contributed by atoms with Crippen LogP contribution in [0.2, 0.25) is 0 Å². The van der Waals surface area contributed by atoms with Crippen LogP contribution in [0.25, 0.3) is 0 Å². The van der Waals surface area contributed by atoms with Gasteiger partial charge in [-0.05, 0) is 36.2 Å². The molecule has 0 bridgehead atoms. The highest BCUT2D eigenvalue weighted by molar-refractivity contribution is 9.10. The number of hydrogen-bond donors (Lipinski definition) is 1. The number of hydrogen-bond acceptors (Lipinski definition) is 4. The van der Waals surface area contributed by atoms with Crippen molar-refractivity contribution in [2.75, 3.05) is 5.32 Å². The first-order chi connectivity index (χ1) is 8.74. The number of halogens is 1. The van der Waals surface area contributed by atoms with Gasteiger partial charge in [0.2, 0.25) is 0 Å². The fourth-order valence-electron chi connectivity index (χ4n) is 1.62. The zero-order chi connectivity index (χ0) is 13.0. The minimum absolute atomic E-state index is 0.481. The molecular formula is C13H11BrN4. The second kappa shape index (κ2) is 5.61. The Kier molecular flexibility index (Phi) is 3.90. The van der Waals surface area contributed by atoms with Gasteiger partial charge in [-0.2, -0.15) is 10.4 Å². The number of aromatic nitrogens is 2. The molecule has 0 unspecified atom stereocenters. The van der Waals surface area contributed by atoms with E-state index in [0.29, 0.717) is 11.4 Å². The highest BCUT2D eigenvalue weighted by Gasteiger charge is 2.07. The zero-order valence-electron chi connectivity index (χ0n) is 9.81. The Bertz CT molecular complexity index is 604. The Hall–Kier alpha value is -1.93. The number of nitriles is 1. The van der Waals surface area contributed by atoms with E-state index in [1.54, 1.807) is 6.07 Å². The minimum atomic E-state index is 0.481. The van der Waals surface area contributed by atoms with E-state index >= 15 is 0 Å². The molecule has 5 heteroatoms. The molecule has 1 heterocycles. The van der Waals surface area contributed by atoms with Crippen LogP contribution in [0.5, 0.6) is 0 Å². The quantitative estimate of drug-likeness (QED) is 0.943. The summed E-state index contributed by atoms with van der Waals surface area (Å²) in [5, 5.41) is 19.9. The number of aryl methyl sites for hydroxylation is 1. The van der Waals surface area contributed by atoms with Gasteiger partial charge in [0.25, 0.3) is 0 Å². The molecule has 0 spiro atoms. The molecule has 2 rings (SSSR count). The highest BCUT2D eigenvalue weighted by Crippen LogP contribution is 2.25. The average molecular weight is 303 g/mol. The predicted octanol–water partition coefficient (Wildman–Crippen LogP) is 3.42. The second-order valence-electron chi connectivity index (χ2n) is 3.69. The van der Waals surface area contributed by atoms with Crippen LogP contribution in [0.3, 0.4) is 0 Å². The summed E-state index contributed by atoms with van der Waals surface area (Å²) < 4.78 is 1.03. The summed E-state index contributed by atoms with van der Waals surface area (Å²) in [6, 6.07) is 9.68. The Morgan fingerprint density at radius 3 is 2.94 bits per heavy atom. The Balaban J connectivity index is 2.37. The molecular weight excluding hydrogens is 292 g/mol. The molecule has 0 fully saturated rings. The fourth-order valence-corrected chi connectivity index (χ4v) is 2.03. The van der Waals surface area contributed by atoms with Crippen molar-refractivity contribution in [3.63, 3.8) is 0 Å². The van der Waals surface area contributed by atoms with E-state index in [1.165, 1.54) is 6.20 Å². The van der Waals surface area contributed by atoms with Crippen molar-refractivity contribution in [1.82, 2.24) is 10.2 Å². The second-order valence-corrected chi connectivity index (χ2v) is 4.60. The van der Waals surface area contributed by atoms with E-state index in [0.717, 1.165) is 22.1 Å². The van der Waals surface area contributed by atoms with Gasteiger partial charge in [0.1, 0.15) is 6.07 Å². The van der Waals surface area contributed by atoms with E-state index in [2.05, 4.69) is 44.4 Å². The molecule has 1 aromatic heterocycles. The lowest BCUT2D eigenvalue weighted by Gasteiger charge is -2.11. The van der Waals surface area contributed by atoms with Gasteiger partial charge < -0.3 is 5.32 Å². The van der Waals surface area contributed by atoms with Crippen molar-refractivity contribution in [3.05, 3.63) is 46.1 Å². The maximum Gasteiger partial charge on any atom is 0.171 e. The normalized spacial score (nSPS) is 9.83.